The Balaban J connectivity index is 1.99. The van der Waals surface area contributed by atoms with Crippen molar-refractivity contribution >= 4 is 11.6 Å². The zero-order valence-corrected chi connectivity index (χ0v) is 7.40. The number of hydrogen-bond donors (Lipinski definition) is 0. The van der Waals surface area contributed by atoms with Crippen LogP contribution < -0.4 is 0 Å². The number of carbonyl (C=O) groups excluding carboxylic acids is 2. The zero-order valence-electron chi connectivity index (χ0n) is 7.40. The molecule has 5 fully saturated rings. The number of Topliss-reactive ketones (excluding diaryl/α,β-unsaturated/α-hetero) is 2. The summed E-state index contributed by atoms with van der Waals surface area (Å²) in [6, 6.07) is 0. The topological polar surface area (TPSA) is 34.1 Å². The summed E-state index contributed by atoms with van der Waals surface area (Å²) >= 11 is 0. The maximum absolute atomic E-state index is 11.9. The number of hydrogen-bond acceptors (Lipinski definition) is 2. The highest BCUT2D eigenvalue weighted by molar-refractivity contribution is 6.13. The molecule has 2 nitrogen and oxygen atoms in total. The van der Waals surface area contributed by atoms with Crippen LogP contribution >= 0.6 is 0 Å². The second-order valence-corrected chi connectivity index (χ2v) is 5.32. The van der Waals surface area contributed by atoms with Gasteiger partial charge in [0.05, 0.1) is 5.92 Å². The summed E-state index contributed by atoms with van der Waals surface area (Å²) in [5.41, 5.74) is 0. The maximum atomic E-state index is 11.9. The summed E-state index contributed by atoms with van der Waals surface area (Å²) in [4.78, 5) is 23.8. The summed E-state index contributed by atoms with van der Waals surface area (Å²) in [5.74, 6) is 2.55. The Morgan fingerprint density at radius 1 is 0.769 bits per heavy atom. The number of ketones is 2. The van der Waals surface area contributed by atoms with E-state index in [1.807, 2.05) is 0 Å². The van der Waals surface area contributed by atoms with Gasteiger partial charge in [0.1, 0.15) is 11.6 Å². The van der Waals surface area contributed by atoms with Crippen LogP contribution in [-0.2, 0) is 9.59 Å². The highest BCUT2D eigenvalue weighted by Crippen LogP contribution is 2.64. The molecule has 2 heteroatoms. The lowest BCUT2D eigenvalue weighted by molar-refractivity contribution is -0.137. The first-order chi connectivity index (χ1) is 6.27. The smallest absolute Gasteiger partial charge is 0.147 e. The fraction of sp³-hybridized carbons (Fsp3) is 0.818. The average Bonchev–Trinajstić information content (AvgIpc) is 2.43. The van der Waals surface area contributed by atoms with Crippen LogP contribution in [0, 0.1) is 35.5 Å². The van der Waals surface area contributed by atoms with Crippen molar-refractivity contribution in [3.63, 3.8) is 0 Å². The van der Waals surface area contributed by atoms with Crippen molar-refractivity contribution in [2.45, 2.75) is 19.3 Å². The predicted octanol–water partition coefficient (Wildman–Crippen LogP) is 1.05. The predicted molar refractivity (Wildman–Crippen MR) is 44.8 cm³/mol. The monoisotopic (exact) mass is 176 g/mol. The van der Waals surface area contributed by atoms with E-state index in [0.29, 0.717) is 29.3 Å². The molecule has 13 heavy (non-hydrogen) atoms. The average molecular weight is 176 g/mol. The Bertz CT molecular complexity index is 303. The molecule has 6 bridgehead atoms. The lowest BCUT2D eigenvalue weighted by atomic mass is 9.65. The van der Waals surface area contributed by atoms with Crippen LogP contribution in [0.2, 0.25) is 0 Å². The Morgan fingerprint density at radius 3 is 1.77 bits per heavy atom. The molecule has 0 heterocycles. The quantitative estimate of drug-likeness (QED) is 0.517. The van der Waals surface area contributed by atoms with Crippen LogP contribution in [0.3, 0.4) is 0 Å². The molecule has 68 valence electrons. The van der Waals surface area contributed by atoms with Crippen molar-refractivity contribution in [2.75, 3.05) is 0 Å². The van der Waals surface area contributed by atoms with Gasteiger partial charge in [-0.3, -0.25) is 9.59 Å². The minimum atomic E-state index is -0.136. The van der Waals surface area contributed by atoms with Crippen molar-refractivity contribution in [3.8, 4) is 0 Å². The molecular formula is C11H12O2. The van der Waals surface area contributed by atoms with Crippen LogP contribution in [0.15, 0.2) is 0 Å². The van der Waals surface area contributed by atoms with Gasteiger partial charge in [-0.25, -0.2) is 0 Å². The van der Waals surface area contributed by atoms with Crippen LogP contribution in [0.5, 0.6) is 0 Å². The van der Waals surface area contributed by atoms with E-state index in [4.69, 9.17) is 0 Å². The molecule has 5 aliphatic rings. The molecular weight excluding hydrogens is 164 g/mol. The lowest BCUT2D eigenvalue weighted by Gasteiger charge is -2.38. The summed E-state index contributed by atoms with van der Waals surface area (Å²) < 4.78 is 0. The third-order valence-corrected chi connectivity index (χ3v) is 4.96. The summed E-state index contributed by atoms with van der Waals surface area (Å²) in [6.45, 7) is 0. The fourth-order valence-electron chi connectivity index (χ4n) is 4.74. The molecule has 0 N–H and O–H groups in total. The molecule has 0 aliphatic heterocycles. The molecule has 4 atom stereocenters. The van der Waals surface area contributed by atoms with Crippen molar-refractivity contribution in [3.05, 3.63) is 0 Å². The third-order valence-electron chi connectivity index (χ3n) is 4.96. The van der Waals surface area contributed by atoms with Gasteiger partial charge in [-0.2, -0.15) is 0 Å². The summed E-state index contributed by atoms with van der Waals surface area (Å²) in [7, 11) is 0. The molecule has 0 aromatic carbocycles. The molecule has 0 aromatic rings. The van der Waals surface area contributed by atoms with E-state index in [1.165, 1.54) is 19.3 Å². The van der Waals surface area contributed by atoms with E-state index >= 15 is 0 Å². The van der Waals surface area contributed by atoms with Gasteiger partial charge in [0, 0.05) is 11.8 Å². The van der Waals surface area contributed by atoms with Crippen LogP contribution in [0.25, 0.3) is 0 Å². The normalized spacial score (nSPS) is 61.2. The van der Waals surface area contributed by atoms with Crippen LogP contribution in [0.4, 0.5) is 0 Å². The Morgan fingerprint density at radius 2 is 1.23 bits per heavy atom. The van der Waals surface area contributed by atoms with Crippen molar-refractivity contribution in [2.24, 2.45) is 35.5 Å². The molecule has 0 saturated heterocycles. The van der Waals surface area contributed by atoms with Crippen molar-refractivity contribution in [1.82, 2.24) is 0 Å². The highest BCUT2D eigenvalue weighted by atomic mass is 16.2. The molecule has 0 radical (unpaired) electrons. The fourth-order valence-corrected chi connectivity index (χ4v) is 4.74. The van der Waals surface area contributed by atoms with E-state index in [1.54, 1.807) is 0 Å². The molecule has 4 unspecified atom stereocenters. The second-order valence-electron chi connectivity index (χ2n) is 5.32. The second kappa shape index (κ2) is 1.75. The first-order valence-electron chi connectivity index (χ1n) is 5.35. The van der Waals surface area contributed by atoms with Crippen molar-refractivity contribution in [1.29, 1.82) is 0 Å². The van der Waals surface area contributed by atoms with Gasteiger partial charge in [0.15, 0.2) is 0 Å². The van der Waals surface area contributed by atoms with E-state index in [0.717, 1.165) is 0 Å². The molecule has 0 amide bonds. The van der Waals surface area contributed by atoms with Gasteiger partial charge in [-0.05, 0) is 37.0 Å². The van der Waals surface area contributed by atoms with E-state index in [-0.39, 0.29) is 17.8 Å². The largest absolute Gasteiger partial charge is 0.299 e. The van der Waals surface area contributed by atoms with Gasteiger partial charge in [0.25, 0.3) is 0 Å². The molecule has 0 aromatic heterocycles. The molecule has 5 aliphatic carbocycles. The van der Waals surface area contributed by atoms with Crippen molar-refractivity contribution < 1.29 is 9.59 Å². The molecule has 5 rings (SSSR count). The maximum Gasteiger partial charge on any atom is 0.147 e. The summed E-state index contributed by atoms with van der Waals surface area (Å²) in [5, 5.41) is 0. The lowest BCUT2D eigenvalue weighted by Crippen LogP contribution is -2.40. The molecule has 0 spiro atoms. The summed E-state index contributed by atoms with van der Waals surface area (Å²) in [6.07, 6.45) is 3.54. The van der Waals surface area contributed by atoms with E-state index < -0.39 is 0 Å². The first-order valence-corrected chi connectivity index (χ1v) is 5.35. The highest BCUT2D eigenvalue weighted by Gasteiger charge is 2.68. The Hall–Kier alpha value is -0.660. The minimum absolute atomic E-state index is 0.136. The number of rotatable bonds is 0. The van der Waals surface area contributed by atoms with Gasteiger partial charge in [-0.1, -0.05) is 0 Å². The van der Waals surface area contributed by atoms with Gasteiger partial charge < -0.3 is 0 Å². The van der Waals surface area contributed by atoms with Crippen LogP contribution in [0.1, 0.15) is 19.3 Å². The zero-order chi connectivity index (χ0) is 8.74. The van der Waals surface area contributed by atoms with Gasteiger partial charge >= 0.3 is 0 Å². The van der Waals surface area contributed by atoms with E-state index in [2.05, 4.69) is 0 Å². The third kappa shape index (κ3) is 0.527. The minimum Gasteiger partial charge on any atom is -0.299 e. The van der Waals surface area contributed by atoms with E-state index in [9.17, 15) is 9.59 Å². The standard InChI is InChI=1S/C11H12O2/c12-10-7-4-1-5-3-6(2-4)9(10)11(13)8(5)7/h4-9H,1-3H2. The number of carbonyl (C=O) groups is 2. The van der Waals surface area contributed by atoms with Crippen LogP contribution in [-0.4, -0.2) is 11.6 Å². The first kappa shape index (κ1) is 6.74. The SMILES string of the molecule is O=C1C2C(=O)C3C4CC2CC(C4)C13. The Labute approximate surface area is 76.7 Å². The van der Waals surface area contributed by atoms with Gasteiger partial charge in [-0.15, -0.1) is 0 Å². The van der Waals surface area contributed by atoms with Gasteiger partial charge in [0.2, 0.25) is 0 Å². The molecule has 5 saturated carbocycles. The Kier molecular flexibility index (Phi) is 0.907.